The largest absolute Gasteiger partial charge is 0.417 e. The highest BCUT2D eigenvalue weighted by Crippen LogP contribution is 2.34. The number of carbonyl (C=O) groups excluding carboxylic acids is 1. The van der Waals surface area contributed by atoms with Crippen LogP contribution in [0.15, 0.2) is 22.7 Å². The summed E-state index contributed by atoms with van der Waals surface area (Å²) >= 11 is 2.98. The summed E-state index contributed by atoms with van der Waals surface area (Å²) in [5.74, 6) is -0.691. The molecule has 1 heterocycles. The Hall–Kier alpha value is -1.08. The smallest absolute Gasteiger partial charge is 0.391 e. The molecular formula is C13H13BrF3NO2. The third kappa shape index (κ3) is 3.32. The highest BCUT2D eigenvalue weighted by Gasteiger charge is 2.37. The average Bonchev–Trinajstić information content (AvgIpc) is 2.37. The van der Waals surface area contributed by atoms with Gasteiger partial charge in [-0.05, 0) is 31.0 Å². The highest BCUT2D eigenvalue weighted by atomic mass is 79.9. The molecule has 110 valence electrons. The van der Waals surface area contributed by atoms with Crippen LogP contribution in [0.3, 0.4) is 0 Å². The maximum atomic E-state index is 13.0. The molecule has 1 saturated heterocycles. The number of benzene rings is 1. The van der Waals surface area contributed by atoms with Crippen molar-refractivity contribution in [1.29, 1.82) is 0 Å². The molecular weight excluding hydrogens is 339 g/mol. The number of rotatable bonds is 1. The Morgan fingerprint density at radius 3 is 2.70 bits per heavy atom. The van der Waals surface area contributed by atoms with Gasteiger partial charge in [-0.15, -0.1) is 0 Å². The van der Waals surface area contributed by atoms with E-state index < -0.39 is 23.8 Å². The molecule has 1 N–H and O–H groups in total. The van der Waals surface area contributed by atoms with E-state index in [2.05, 4.69) is 15.9 Å². The number of aliphatic hydroxyl groups excluding tert-OH is 1. The number of nitrogens with zero attached hydrogens (tertiary/aromatic N) is 1. The lowest BCUT2D eigenvalue weighted by Gasteiger charge is -2.30. The van der Waals surface area contributed by atoms with Gasteiger partial charge in [0.1, 0.15) is 0 Å². The summed E-state index contributed by atoms with van der Waals surface area (Å²) in [6.07, 6.45) is -4.11. The maximum absolute atomic E-state index is 13.0. The number of piperidine rings is 1. The van der Waals surface area contributed by atoms with Crippen LogP contribution in [-0.4, -0.2) is 35.1 Å². The SMILES string of the molecule is O=C(c1ccc(Br)cc1C(F)(F)F)N1CCCC(O)C1. The van der Waals surface area contributed by atoms with Gasteiger partial charge < -0.3 is 10.0 Å². The molecule has 1 unspecified atom stereocenters. The molecule has 0 spiro atoms. The molecule has 0 aromatic heterocycles. The third-order valence-electron chi connectivity index (χ3n) is 3.20. The quantitative estimate of drug-likeness (QED) is 0.844. The molecule has 1 atom stereocenters. The molecule has 2 rings (SSSR count). The zero-order chi connectivity index (χ0) is 14.9. The minimum atomic E-state index is -4.59. The second-order valence-electron chi connectivity index (χ2n) is 4.73. The van der Waals surface area contributed by atoms with Crippen LogP contribution in [0.1, 0.15) is 28.8 Å². The average molecular weight is 352 g/mol. The van der Waals surface area contributed by atoms with Crippen LogP contribution in [0.25, 0.3) is 0 Å². The van der Waals surface area contributed by atoms with E-state index in [0.29, 0.717) is 19.4 Å². The maximum Gasteiger partial charge on any atom is 0.417 e. The first-order valence-electron chi connectivity index (χ1n) is 6.13. The monoisotopic (exact) mass is 351 g/mol. The topological polar surface area (TPSA) is 40.5 Å². The van der Waals surface area contributed by atoms with Crippen molar-refractivity contribution >= 4 is 21.8 Å². The van der Waals surface area contributed by atoms with Gasteiger partial charge in [-0.2, -0.15) is 13.2 Å². The van der Waals surface area contributed by atoms with Crippen molar-refractivity contribution in [2.75, 3.05) is 13.1 Å². The first-order chi connectivity index (χ1) is 9.29. The van der Waals surface area contributed by atoms with Gasteiger partial charge in [0, 0.05) is 17.6 Å². The summed E-state index contributed by atoms with van der Waals surface area (Å²) < 4.78 is 39.2. The molecule has 3 nitrogen and oxygen atoms in total. The number of aliphatic hydroxyl groups is 1. The summed E-state index contributed by atoms with van der Waals surface area (Å²) in [4.78, 5) is 13.5. The Morgan fingerprint density at radius 2 is 2.10 bits per heavy atom. The number of likely N-dealkylation sites (tertiary alicyclic amines) is 1. The van der Waals surface area contributed by atoms with Crippen LogP contribution >= 0.6 is 15.9 Å². The lowest BCUT2D eigenvalue weighted by Crippen LogP contribution is -2.42. The predicted molar refractivity (Wildman–Crippen MR) is 70.3 cm³/mol. The number of carbonyl (C=O) groups is 1. The summed E-state index contributed by atoms with van der Waals surface area (Å²) in [5.41, 5.74) is -1.34. The van der Waals surface area contributed by atoms with E-state index in [9.17, 15) is 23.1 Å². The van der Waals surface area contributed by atoms with E-state index in [4.69, 9.17) is 0 Å². The van der Waals surface area contributed by atoms with Crippen molar-refractivity contribution in [3.05, 3.63) is 33.8 Å². The fourth-order valence-corrected chi connectivity index (χ4v) is 2.61. The van der Waals surface area contributed by atoms with Gasteiger partial charge in [-0.25, -0.2) is 0 Å². The Kier molecular flexibility index (Phi) is 4.39. The lowest BCUT2D eigenvalue weighted by atomic mass is 10.0. The zero-order valence-electron chi connectivity index (χ0n) is 10.5. The Morgan fingerprint density at radius 1 is 1.40 bits per heavy atom. The molecule has 20 heavy (non-hydrogen) atoms. The highest BCUT2D eigenvalue weighted by molar-refractivity contribution is 9.10. The molecule has 0 saturated carbocycles. The van der Waals surface area contributed by atoms with Gasteiger partial charge in [0.25, 0.3) is 5.91 Å². The Balaban J connectivity index is 2.34. The van der Waals surface area contributed by atoms with Gasteiger partial charge in [0.05, 0.1) is 17.2 Å². The number of hydrogen-bond donors (Lipinski definition) is 1. The van der Waals surface area contributed by atoms with Gasteiger partial charge in [0.15, 0.2) is 0 Å². The van der Waals surface area contributed by atoms with Gasteiger partial charge in [-0.1, -0.05) is 15.9 Å². The molecule has 1 fully saturated rings. The van der Waals surface area contributed by atoms with Crippen molar-refractivity contribution < 1.29 is 23.1 Å². The molecule has 1 aromatic rings. The van der Waals surface area contributed by atoms with Gasteiger partial charge >= 0.3 is 6.18 Å². The standard InChI is InChI=1S/C13H13BrF3NO2/c14-8-3-4-10(11(6-8)13(15,16)17)12(20)18-5-1-2-9(19)7-18/h3-4,6,9,19H,1-2,5,7H2. The Bertz CT molecular complexity index is 519. The van der Waals surface area contributed by atoms with E-state index in [-0.39, 0.29) is 16.6 Å². The predicted octanol–water partition coefficient (Wildman–Crippen LogP) is 3.06. The third-order valence-corrected chi connectivity index (χ3v) is 3.69. The molecule has 1 aliphatic heterocycles. The number of β-amino-alcohol motifs (C(OH)–C–C–N with tert-alkyl or cyclic N) is 1. The summed E-state index contributed by atoms with van der Waals surface area (Å²) in [7, 11) is 0. The van der Waals surface area contributed by atoms with E-state index in [1.54, 1.807) is 0 Å². The van der Waals surface area contributed by atoms with E-state index in [1.807, 2.05) is 0 Å². The van der Waals surface area contributed by atoms with Crippen molar-refractivity contribution in [1.82, 2.24) is 4.90 Å². The second kappa shape index (κ2) is 5.73. The first kappa shape index (κ1) is 15.3. The summed E-state index contributed by atoms with van der Waals surface area (Å²) in [5, 5.41) is 9.53. The second-order valence-corrected chi connectivity index (χ2v) is 5.65. The van der Waals surface area contributed by atoms with Crippen molar-refractivity contribution in [2.45, 2.75) is 25.1 Å². The number of hydrogen-bond acceptors (Lipinski definition) is 2. The minimum absolute atomic E-state index is 0.0756. The normalized spacial score (nSPS) is 20.1. The lowest BCUT2D eigenvalue weighted by molar-refractivity contribution is -0.138. The minimum Gasteiger partial charge on any atom is -0.391 e. The van der Waals surface area contributed by atoms with Crippen molar-refractivity contribution in [2.24, 2.45) is 0 Å². The molecule has 1 aliphatic rings. The van der Waals surface area contributed by atoms with Crippen LogP contribution in [0.5, 0.6) is 0 Å². The molecule has 1 aromatic carbocycles. The first-order valence-corrected chi connectivity index (χ1v) is 6.92. The number of amides is 1. The van der Waals surface area contributed by atoms with Crippen LogP contribution in [0.4, 0.5) is 13.2 Å². The fraction of sp³-hybridized carbons (Fsp3) is 0.462. The number of alkyl halides is 3. The molecule has 0 radical (unpaired) electrons. The fourth-order valence-electron chi connectivity index (χ4n) is 2.25. The molecule has 0 bridgehead atoms. The van der Waals surface area contributed by atoms with E-state index in [0.717, 1.165) is 12.1 Å². The van der Waals surface area contributed by atoms with Crippen molar-refractivity contribution in [3.8, 4) is 0 Å². The van der Waals surface area contributed by atoms with Gasteiger partial charge in [-0.3, -0.25) is 4.79 Å². The van der Waals surface area contributed by atoms with Crippen LogP contribution < -0.4 is 0 Å². The Labute approximate surface area is 122 Å². The summed E-state index contributed by atoms with van der Waals surface area (Å²) in [6, 6.07) is 3.46. The summed E-state index contributed by atoms with van der Waals surface area (Å²) in [6.45, 7) is 0.440. The molecule has 1 amide bonds. The molecule has 0 aliphatic carbocycles. The van der Waals surface area contributed by atoms with Crippen LogP contribution in [0.2, 0.25) is 0 Å². The van der Waals surface area contributed by atoms with E-state index in [1.165, 1.54) is 11.0 Å². The van der Waals surface area contributed by atoms with Crippen LogP contribution in [-0.2, 0) is 6.18 Å². The van der Waals surface area contributed by atoms with Crippen LogP contribution in [0, 0.1) is 0 Å². The van der Waals surface area contributed by atoms with Gasteiger partial charge in [0.2, 0.25) is 0 Å². The zero-order valence-corrected chi connectivity index (χ0v) is 12.0. The molecule has 7 heteroatoms. The van der Waals surface area contributed by atoms with E-state index >= 15 is 0 Å². The number of halogens is 4. The van der Waals surface area contributed by atoms with Crippen molar-refractivity contribution in [3.63, 3.8) is 0 Å².